The monoisotopic (exact) mass is 276 g/mol. The number of likely N-dealkylation sites (tertiary alicyclic amines) is 1. The largest absolute Gasteiger partial charge is 0.358 e. The van der Waals surface area contributed by atoms with Crippen LogP contribution in [-0.2, 0) is 9.59 Å². The number of aromatic nitrogens is 2. The van der Waals surface area contributed by atoms with E-state index in [1.807, 2.05) is 0 Å². The Balaban J connectivity index is 1.81. The van der Waals surface area contributed by atoms with Crippen molar-refractivity contribution in [1.82, 2.24) is 14.9 Å². The molecule has 1 atom stereocenters. The van der Waals surface area contributed by atoms with E-state index in [1.165, 1.54) is 7.05 Å². The Morgan fingerprint density at radius 1 is 1.30 bits per heavy atom. The summed E-state index contributed by atoms with van der Waals surface area (Å²) in [6.45, 7) is 0. The number of amides is 2. The van der Waals surface area contributed by atoms with E-state index in [4.69, 9.17) is 5.84 Å². The number of carbonyl (C=O) groups excluding carboxylic acids is 2. The smallest absolute Gasteiger partial charge is 0.251 e. The topological polar surface area (TPSA) is 113 Å². The zero-order chi connectivity index (χ0) is 14.3. The van der Waals surface area contributed by atoms with Gasteiger partial charge in [-0.25, -0.2) is 15.8 Å². The maximum atomic E-state index is 11.9. The van der Waals surface area contributed by atoms with E-state index < -0.39 is 6.04 Å². The van der Waals surface area contributed by atoms with Crippen molar-refractivity contribution in [3.63, 3.8) is 0 Å². The molecule has 2 aliphatic rings. The van der Waals surface area contributed by atoms with Gasteiger partial charge in [-0.3, -0.25) is 14.5 Å². The summed E-state index contributed by atoms with van der Waals surface area (Å²) in [6, 6.07) is 1.06. The Kier molecular flexibility index (Phi) is 3.01. The van der Waals surface area contributed by atoms with Gasteiger partial charge < -0.3 is 10.7 Å². The third-order valence-corrected chi connectivity index (χ3v) is 3.54. The molecule has 1 saturated carbocycles. The number of rotatable bonds is 4. The molecule has 0 aromatic carbocycles. The third kappa shape index (κ3) is 2.29. The molecular weight excluding hydrogens is 260 g/mol. The van der Waals surface area contributed by atoms with E-state index in [9.17, 15) is 9.59 Å². The van der Waals surface area contributed by atoms with E-state index in [0.29, 0.717) is 23.4 Å². The summed E-state index contributed by atoms with van der Waals surface area (Å²) in [6.07, 6.45) is 2.28. The molecule has 8 nitrogen and oxygen atoms in total. The Bertz CT molecular complexity index is 571. The van der Waals surface area contributed by atoms with Crippen LogP contribution in [0.2, 0.25) is 0 Å². The van der Waals surface area contributed by atoms with E-state index in [0.717, 1.165) is 17.7 Å². The highest BCUT2D eigenvalue weighted by atomic mass is 16.2. The lowest BCUT2D eigenvalue weighted by atomic mass is 10.2. The zero-order valence-corrected chi connectivity index (χ0v) is 11.1. The van der Waals surface area contributed by atoms with Crippen LogP contribution < -0.4 is 16.6 Å². The Hall–Kier alpha value is -2.22. The van der Waals surface area contributed by atoms with Gasteiger partial charge in [-0.15, -0.1) is 0 Å². The number of nitrogens with zero attached hydrogens (tertiary/aromatic N) is 3. The maximum absolute atomic E-state index is 11.9. The number of nitrogens with one attached hydrogen (secondary N) is 2. The van der Waals surface area contributed by atoms with Crippen molar-refractivity contribution >= 4 is 23.5 Å². The zero-order valence-electron chi connectivity index (χ0n) is 11.1. The molecule has 106 valence electrons. The Morgan fingerprint density at radius 3 is 2.55 bits per heavy atom. The Morgan fingerprint density at radius 2 is 2.00 bits per heavy atom. The first kappa shape index (κ1) is 12.8. The number of hydrogen-bond donors (Lipinski definition) is 3. The van der Waals surface area contributed by atoms with Crippen molar-refractivity contribution in [2.24, 2.45) is 5.84 Å². The summed E-state index contributed by atoms with van der Waals surface area (Å²) in [7, 11) is 1.48. The van der Waals surface area contributed by atoms with Gasteiger partial charge in [0, 0.05) is 19.0 Å². The fourth-order valence-corrected chi connectivity index (χ4v) is 2.18. The molecule has 2 amide bonds. The number of imide groups is 1. The highest BCUT2D eigenvalue weighted by molar-refractivity contribution is 6.06. The standard InChI is InChI=1S/C12H16N6O2/c1-18-10(19)4-7(12(18)20)14-8-5-9(17-13)16-11(15-8)6-2-3-6/h5-7H,2-4,13H2,1H3,(H2,14,15,16,17). The van der Waals surface area contributed by atoms with Crippen molar-refractivity contribution in [1.29, 1.82) is 0 Å². The van der Waals surface area contributed by atoms with Crippen LogP contribution in [0.5, 0.6) is 0 Å². The lowest BCUT2D eigenvalue weighted by Gasteiger charge is -2.13. The summed E-state index contributed by atoms with van der Waals surface area (Å²) < 4.78 is 0. The quantitative estimate of drug-likeness (QED) is 0.397. The van der Waals surface area contributed by atoms with Crippen molar-refractivity contribution in [2.45, 2.75) is 31.2 Å². The minimum absolute atomic E-state index is 0.142. The van der Waals surface area contributed by atoms with Gasteiger partial charge in [-0.1, -0.05) is 0 Å². The van der Waals surface area contributed by atoms with Crippen LogP contribution in [0, 0.1) is 0 Å². The number of carbonyl (C=O) groups is 2. The molecule has 2 fully saturated rings. The molecule has 20 heavy (non-hydrogen) atoms. The van der Waals surface area contributed by atoms with Gasteiger partial charge in [-0.05, 0) is 12.8 Å². The van der Waals surface area contributed by atoms with Gasteiger partial charge in [0.2, 0.25) is 5.91 Å². The molecule has 1 saturated heterocycles. The van der Waals surface area contributed by atoms with Crippen molar-refractivity contribution < 1.29 is 9.59 Å². The van der Waals surface area contributed by atoms with Gasteiger partial charge in [0.15, 0.2) is 0 Å². The van der Waals surface area contributed by atoms with Crippen LogP contribution in [0.25, 0.3) is 0 Å². The third-order valence-electron chi connectivity index (χ3n) is 3.54. The molecule has 0 spiro atoms. The number of nitrogen functional groups attached to an aromatic ring is 1. The molecule has 1 aliphatic carbocycles. The molecule has 1 unspecified atom stereocenters. The molecule has 1 aromatic rings. The summed E-state index contributed by atoms with van der Waals surface area (Å²) in [5, 5.41) is 2.99. The summed E-state index contributed by atoms with van der Waals surface area (Å²) in [5.74, 6) is 7.04. The lowest BCUT2D eigenvalue weighted by Crippen LogP contribution is -2.32. The van der Waals surface area contributed by atoms with Crippen LogP contribution >= 0.6 is 0 Å². The number of anilines is 2. The summed E-state index contributed by atoms with van der Waals surface area (Å²) in [5.41, 5.74) is 2.49. The molecule has 1 aliphatic heterocycles. The number of likely N-dealkylation sites (N-methyl/N-ethyl adjacent to an activating group) is 1. The maximum Gasteiger partial charge on any atom is 0.251 e. The molecule has 0 radical (unpaired) electrons. The summed E-state index contributed by atoms with van der Waals surface area (Å²) >= 11 is 0. The first-order chi connectivity index (χ1) is 9.58. The van der Waals surface area contributed by atoms with E-state index in [1.54, 1.807) is 6.07 Å². The highest BCUT2D eigenvalue weighted by Crippen LogP contribution is 2.38. The SMILES string of the molecule is CN1C(=O)CC(Nc2cc(NN)nc(C3CC3)n2)C1=O. The van der Waals surface area contributed by atoms with E-state index >= 15 is 0 Å². The van der Waals surface area contributed by atoms with Crippen LogP contribution in [0.15, 0.2) is 6.07 Å². The second-order valence-corrected chi connectivity index (χ2v) is 5.11. The number of hydrazine groups is 1. The first-order valence-corrected chi connectivity index (χ1v) is 6.51. The van der Waals surface area contributed by atoms with Crippen LogP contribution in [0.4, 0.5) is 11.6 Å². The van der Waals surface area contributed by atoms with Crippen molar-refractivity contribution in [2.75, 3.05) is 17.8 Å². The minimum atomic E-state index is -0.569. The van der Waals surface area contributed by atoms with E-state index in [2.05, 4.69) is 20.7 Å². The Labute approximate surface area is 115 Å². The van der Waals surface area contributed by atoms with Gasteiger partial charge >= 0.3 is 0 Å². The fourth-order valence-electron chi connectivity index (χ4n) is 2.18. The van der Waals surface area contributed by atoms with Crippen LogP contribution in [-0.4, -0.2) is 39.8 Å². The van der Waals surface area contributed by atoms with Crippen LogP contribution in [0.3, 0.4) is 0 Å². The molecule has 4 N–H and O–H groups in total. The molecule has 1 aromatic heterocycles. The second kappa shape index (κ2) is 4.71. The number of nitrogens with two attached hydrogens (primary N) is 1. The second-order valence-electron chi connectivity index (χ2n) is 5.11. The van der Waals surface area contributed by atoms with Gasteiger partial charge in [0.05, 0.1) is 6.42 Å². The fraction of sp³-hybridized carbons (Fsp3) is 0.500. The average molecular weight is 276 g/mol. The van der Waals surface area contributed by atoms with Crippen molar-refractivity contribution in [3.05, 3.63) is 11.9 Å². The van der Waals surface area contributed by atoms with Gasteiger partial charge in [-0.2, -0.15) is 0 Å². The van der Waals surface area contributed by atoms with Crippen molar-refractivity contribution in [3.8, 4) is 0 Å². The lowest BCUT2D eigenvalue weighted by molar-refractivity contribution is -0.136. The minimum Gasteiger partial charge on any atom is -0.358 e. The predicted molar refractivity (Wildman–Crippen MR) is 71.6 cm³/mol. The van der Waals surface area contributed by atoms with Gasteiger partial charge in [0.1, 0.15) is 23.5 Å². The number of hydrogen-bond acceptors (Lipinski definition) is 7. The predicted octanol–water partition coefficient (Wildman–Crippen LogP) is -0.191. The normalized spacial score (nSPS) is 22.3. The molecule has 0 bridgehead atoms. The average Bonchev–Trinajstić information content (AvgIpc) is 3.25. The van der Waals surface area contributed by atoms with E-state index in [-0.39, 0.29) is 18.2 Å². The van der Waals surface area contributed by atoms with Crippen LogP contribution in [0.1, 0.15) is 31.0 Å². The molecule has 2 heterocycles. The molecule has 3 rings (SSSR count). The first-order valence-electron chi connectivity index (χ1n) is 6.51. The molecular formula is C12H16N6O2. The molecule has 8 heteroatoms. The summed E-state index contributed by atoms with van der Waals surface area (Å²) in [4.78, 5) is 33.2. The van der Waals surface area contributed by atoms with Gasteiger partial charge in [0.25, 0.3) is 5.91 Å². The highest BCUT2D eigenvalue weighted by Gasteiger charge is 2.36.